The van der Waals surface area contributed by atoms with Crippen molar-refractivity contribution in [2.24, 2.45) is 5.92 Å². The predicted octanol–water partition coefficient (Wildman–Crippen LogP) is 3.16. The molecule has 1 atom stereocenters. The molecule has 25 heavy (non-hydrogen) atoms. The molecule has 2 aromatic heterocycles. The monoisotopic (exact) mass is 337 g/mol. The van der Waals surface area contributed by atoms with E-state index in [0.29, 0.717) is 5.92 Å². The van der Waals surface area contributed by atoms with E-state index in [1.807, 2.05) is 12.3 Å². The Balaban J connectivity index is 1.51. The highest BCUT2D eigenvalue weighted by atomic mass is 15.3. The Labute approximate surface area is 150 Å². The molecule has 2 saturated heterocycles. The summed E-state index contributed by atoms with van der Waals surface area (Å²) < 4.78 is 0. The Hall–Kier alpha value is -2.17. The first-order valence-electron chi connectivity index (χ1n) is 9.46. The standard InChI is InChI=1S/C20H27N5/c1-15-16(2)22-20(24-10-5-6-11-24)23-19(15)25-12-8-17(14-25)13-18-7-3-4-9-21-18/h3-4,7,9,17H,5-6,8,10-14H2,1-2H3. The molecule has 2 aliphatic rings. The predicted molar refractivity (Wildman–Crippen MR) is 101 cm³/mol. The highest BCUT2D eigenvalue weighted by molar-refractivity contribution is 5.53. The van der Waals surface area contributed by atoms with Crippen LogP contribution in [0.4, 0.5) is 11.8 Å². The molecule has 2 aromatic rings. The summed E-state index contributed by atoms with van der Waals surface area (Å²) in [4.78, 5) is 19.0. The van der Waals surface area contributed by atoms with Crippen molar-refractivity contribution in [1.82, 2.24) is 15.0 Å². The van der Waals surface area contributed by atoms with Crippen molar-refractivity contribution in [2.75, 3.05) is 36.0 Å². The van der Waals surface area contributed by atoms with Gasteiger partial charge in [0.25, 0.3) is 0 Å². The molecule has 0 aromatic carbocycles. The van der Waals surface area contributed by atoms with Crippen LogP contribution in [0.5, 0.6) is 0 Å². The van der Waals surface area contributed by atoms with Crippen LogP contribution in [-0.4, -0.2) is 41.1 Å². The third kappa shape index (κ3) is 3.46. The number of aryl methyl sites for hydroxylation is 1. The summed E-state index contributed by atoms with van der Waals surface area (Å²) in [5.41, 5.74) is 3.53. The van der Waals surface area contributed by atoms with Crippen LogP contribution >= 0.6 is 0 Å². The minimum atomic E-state index is 0.653. The lowest BCUT2D eigenvalue weighted by Gasteiger charge is -2.24. The molecule has 0 aliphatic carbocycles. The van der Waals surface area contributed by atoms with Crippen LogP contribution in [0.3, 0.4) is 0 Å². The van der Waals surface area contributed by atoms with Gasteiger partial charge in [-0.25, -0.2) is 4.98 Å². The maximum absolute atomic E-state index is 4.96. The number of anilines is 2. The molecule has 0 saturated carbocycles. The summed E-state index contributed by atoms with van der Waals surface area (Å²) in [6.07, 6.45) is 6.66. The fraction of sp³-hybridized carbons (Fsp3) is 0.550. The molecule has 5 heteroatoms. The van der Waals surface area contributed by atoms with Crippen LogP contribution in [0.2, 0.25) is 0 Å². The van der Waals surface area contributed by atoms with E-state index in [1.165, 1.54) is 30.5 Å². The van der Waals surface area contributed by atoms with Gasteiger partial charge >= 0.3 is 0 Å². The molecular formula is C20H27N5. The van der Waals surface area contributed by atoms with Gasteiger partial charge in [0.05, 0.1) is 0 Å². The quantitative estimate of drug-likeness (QED) is 0.857. The zero-order valence-electron chi connectivity index (χ0n) is 15.3. The van der Waals surface area contributed by atoms with Crippen LogP contribution in [0.1, 0.15) is 36.2 Å². The van der Waals surface area contributed by atoms with E-state index in [-0.39, 0.29) is 0 Å². The molecule has 0 amide bonds. The number of aromatic nitrogens is 3. The number of nitrogens with zero attached hydrogens (tertiary/aromatic N) is 5. The normalized spacial score (nSPS) is 20.5. The second kappa shape index (κ2) is 6.98. The maximum atomic E-state index is 4.96. The van der Waals surface area contributed by atoms with Crippen molar-refractivity contribution in [2.45, 2.75) is 39.5 Å². The minimum Gasteiger partial charge on any atom is -0.356 e. The molecular weight excluding hydrogens is 310 g/mol. The molecule has 132 valence electrons. The number of hydrogen-bond donors (Lipinski definition) is 0. The molecule has 2 fully saturated rings. The Morgan fingerprint density at radius 2 is 1.88 bits per heavy atom. The fourth-order valence-corrected chi connectivity index (χ4v) is 3.97. The molecule has 0 radical (unpaired) electrons. The van der Waals surface area contributed by atoms with Crippen LogP contribution in [0, 0.1) is 19.8 Å². The van der Waals surface area contributed by atoms with Crippen molar-refractivity contribution in [3.05, 3.63) is 41.3 Å². The summed E-state index contributed by atoms with van der Waals surface area (Å²) in [6, 6.07) is 6.20. The van der Waals surface area contributed by atoms with Gasteiger partial charge in [0.15, 0.2) is 0 Å². The first-order chi connectivity index (χ1) is 12.2. The fourth-order valence-electron chi connectivity index (χ4n) is 3.97. The second-order valence-electron chi connectivity index (χ2n) is 7.38. The van der Waals surface area contributed by atoms with E-state index in [0.717, 1.165) is 50.1 Å². The summed E-state index contributed by atoms with van der Waals surface area (Å²) in [7, 11) is 0. The van der Waals surface area contributed by atoms with Crippen molar-refractivity contribution in [1.29, 1.82) is 0 Å². The van der Waals surface area contributed by atoms with Gasteiger partial charge in [-0.3, -0.25) is 4.98 Å². The SMILES string of the molecule is Cc1nc(N2CCCC2)nc(N2CCC(Cc3ccccn3)C2)c1C. The number of hydrogen-bond acceptors (Lipinski definition) is 5. The van der Waals surface area contributed by atoms with Crippen LogP contribution in [-0.2, 0) is 6.42 Å². The molecule has 2 aliphatic heterocycles. The van der Waals surface area contributed by atoms with Crippen molar-refractivity contribution >= 4 is 11.8 Å². The van der Waals surface area contributed by atoms with Crippen LogP contribution in [0.15, 0.2) is 24.4 Å². The summed E-state index contributed by atoms with van der Waals surface area (Å²) in [5, 5.41) is 0. The average molecular weight is 337 g/mol. The lowest BCUT2D eigenvalue weighted by atomic mass is 10.0. The molecule has 0 bridgehead atoms. The average Bonchev–Trinajstić information content (AvgIpc) is 3.30. The highest BCUT2D eigenvalue weighted by Gasteiger charge is 2.27. The molecule has 0 N–H and O–H groups in total. The van der Waals surface area contributed by atoms with E-state index in [1.54, 1.807) is 0 Å². The molecule has 4 rings (SSSR count). The first kappa shape index (κ1) is 16.3. The van der Waals surface area contributed by atoms with Gasteiger partial charge < -0.3 is 9.80 Å². The zero-order chi connectivity index (χ0) is 17.2. The Bertz CT molecular complexity index is 724. The van der Waals surface area contributed by atoms with Crippen molar-refractivity contribution in [3.8, 4) is 0 Å². The smallest absolute Gasteiger partial charge is 0.227 e. The molecule has 4 heterocycles. The Morgan fingerprint density at radius 1 is 1.04 bits per heavy atom. The molecule has 0 spiro atoms. The Kier molecular flexibility index (Phi) is 4.55. The van der Waals surface area contributed by atoms with Gasteiger partial charge in [-0.05, 0) is 57.6 Å². The molecule has 1 unspecified atom stereocenters. The topological polar surface area (TPSA) is 45.2 Å². The second-order valence-corrected chi connectivity index (χ2v) is 7.38. The van der Waals surface area contributed by atoms with E-state index in [2.05, 4.69) is 40.8 Å². The highest BCUT2D eigenvalue weighted by Crippen LogP contribution is 2.30. The summed E-state index contributed by atoms with van der Waals surface area (Å²) in [6.45, 7) is 8.59. The number of pyridine rings is 1. The van der Waals surface area contributed by atoms with E-state index in [4.69, 9.17) is 9.97 Å². The van der Waals surface area contributed by atoms with Crippen molar-refractivity contribution < 1.29 is 0 Å². The minimum absolute atomic E-state index is 0.653. The largest absolute Gasteiger partial charge is 0.356 e. The third-order valence-corrected chi connectivity index (χ3v) is 5.55. The van der Waals surface area contributed by atoms with Gasteiger partial charge in [-0.2, -0.15) is 4.98 Å². The maximum Gasteiger partial charge on any atom is 0.227 e. The third-order valence-electron chi connectivity index (χ3n) is 5.55. The van der Waals surface area contributed by atoms with Gasteiger partial charge in [-0.1, -0.05) is 6.07 Å². The van der Waals surface area contributed by atoms with Gasteiger partial charge in [0.2, 0.25) is 5.95 Å². The van der Waals surface area contributed by atoms with E-state index in [9.17, 15) is 0 Å². The molecule has 5 nitrogen and oxygen atoms in total. The van der Waals surface area contributed by atoms with Crippen molar-refractivity contribution in [3.63, 3.8) is 0 Å². The summed E-state index contributed by atoms with van der Waals surface area (Å²) >= 11 is 0. The van der Waals surface area contributed by atoms with E-state index < -0.39 is 0 Å². The lowest BCUT2D eigenvalue weighted by Crippen LogP contribution is -2.26. The van der Waals surface area contributed by atoms with E-state index >= 15 is 0 Å². The van der Waals surface area contributed by atoms with Gasteiger partial charge in [-0.15, -0.1) is 0 Å². The van der Waals surface area contributed by atoms with Crippen LogP contribution in [0.25, 0.3) is 0 Å². The van der Waals surface area contributed by atoms with Gasteiger partial charge in [0.1, 0.15) is 5.82 Å². The lowest BCUT2D eigenvalue weighted by molar-refractivity contribution is 0.577. The first-order valence-corrected chi connectivity index (χ1v) is 9.46. The summed E-state index contributed by atoms with van der Waals surface area (Å²) in [5.74, 6) is 2.71. The van der Waals surface area contributed by atoms with Crippen LogP contribution < -0.4 is 9.80 Å². The Morgan fingerprint density at radius 3 is 2.64 bits per heavy atom. The number of rotatable bonds is 4. The zero-order valence-corrected chi connectivity index (χ0v) is 15.3. The van der Waals surface area contributed by atoms with Gasteiger partial charge in [0, 0.05) is 49.3 Å².